The molecule has 0 saturated heterocycles. The number of ketones is 1. The third kappa shape index (κ3) is 3.60. The van der Waals surface area contributed by atoms with Gasteiger partial charge in [-0.15, -0.1) is 6.58 Å². The molecule has 0 saturated carbocycles. The number of methoxy groups -OCH3 is 2. The number of aromatic nitrogens is 2. The Balaban J connectivity index is 1.85. The largest absolute Gasteiger partial charge is 0.497 e. The summed E-state index contributed by atoms with van der Waals surface area (Å²) in [6, 6.07) is 13.1. The minimum Gasteiger partial charge on any atom is -0.497 e. The van der Waals surface area contributed by atoms with E-state index < -0.39 is 0 Å². The summed E-state index contributed by atoms with van der Waals surface area (Å²) >= 11 is 1.41. The third-order valence-electron chi connectivity index (χ3n) is 3.97. The molecule has 1 heterocycles. The maximum atomic E-state index is 12.7. The van der Waals surface area contributed by atoms with Crippen molar-refractivity contribution in [3.05, 3.63) is 60.7 Å². The first kappa shape index (κ1) is 18.1. The van der Waals surface area contributed by atoms with Crippen LogP contribution in [0, 0.1) is 0 Å². The monoisotopic (exact) mass is 368 g/mol. The standard InChI is InChI=1S/C20H20N2O3S/c1-4-11-22-17-8-6-5-7-16(17)21-20(22)26-13-18(23)15-12-14(24-2)9-10-19(15)25-3/h4-10,12H,1,11,13H2,2-3H3. The van der Waals surface area contributed by atoms with E-state index >= 15 is 0 Å². The summed E-state index contributed by atoms with van der Waals surface area (Å²) in [5, 5.41) is 0.793. The van der Waals surface area contributed by atoms with Crippen LogP contribution in [0.4, 0.5) is 0 Å². The second-order valence-electron chi connectivity index (χ2n) is 5.56. The molecule has 0 aliphatic rings. The van der Waals surface area contributed by atoms with Gasteiger partial charge in [0.05, 0.1) is 36.6 Å². The lowest BCUT2D eigenvalue weighted by molar-refractivity contribution is 0.101. The molecule has 0 amide bonds. The van der Waals surface area contributed by atoms with Crippen molar-refractivity contribution in [2.75, 3.05) is 20.0 Å². The lowest BCUT2D eigenvalue weighted by Gasteiger charge is -2.10. The molecule has 1 aromatic heterocycles. The number of benzene rings is 2. The number of imidazole rings is 1. The van der Waals surface area contributed by atoms with Crippen LogP contribution in [-0.2, 0) is 6.54 Å². The van der Waals surface area contributed by atoms with Crippen molar-refractivity contribution in [1.29, 1.82) is 0 Å². The fraction of sp³-hybridized carbons (Fsp3) is 0.200. The van der Waals surface area contributed by atoms with Crippen molar-refractivity contribution in [2.45, 2.75) is 11.7 Å². The number of carbonyl (C=O) groups is 1. The summed E-state index contributed by atoms with van der Waals surface area (Å²) < 4.78 is 12.6. The van der Waals surface area contributed by atoms with E-state index in [0.717, 1.165) is 16.2 Å². The molecule has 0 aliphatic heterocycles. The number of hydrogen-bond acceptors (Lipinski definition) is 5. The summed E-state index contributed by atoms with van der Waals surface area (Å²) in [5.74, 6) is 1.38. The highest BCUT2D eigenvalue weighted by atomic mass is 32.2. The Hall–Kier alpha value is -2.73. The fourth-order valence-electron chi connectivity index (χ4n) is 2.71. The lowest BCUT2D eigenvalue weighted by Crippen LogP contribution is -2.07. The normalized spacial score (nSPS) is 10.7. The van der Waals surface area contributed by atoms with E-state index in [2.05, 4.69) is 16.1 Å². The van der Waals surface area contributed by atoms with E-state index in [1.165, 1.54) is 11.8 Å². The first-order valence-electron chi connectivity index (χ1n) is 8.12. The third-order valence-corrected chi connectivity index (χ3v) is 4.95. The zero-order chi connectivity index (χ0) is 18.5. The van der Waals surface area contributed by atoms with Gasteiger partial charge in [-0.2, -0.15) is 0 Å². The zero-order valence-corrected chi connectivity index (χ0v) is 15.6. The SMILES string of the molecule is C=CCn1c(SCC(=O)c2cc(OC)ccc2OC)nc2ccccc21. The molecule has 0 bridgehead atoms. The zero-order valence-electron chi connectivity index (χ0n) is 14.8. The number of para-hydroxylation sites is 2. The topological polar surface area (TPSA) is 53.4 Å². The van der Waals surface area contributed by atoms with E-state index in [1.54, 1.807) is 32.4 Å². The van der Waals surface area contributed by atoms with Gasteiger partial charge >= 0.3 is 0 Å². The molecule has 0 aliphatic carbocycles. The van der Waals surface area contributed by atoms with Gasteiger partial charge in [0.25, 0.3) is 0 Å². The molecular formula is C20H20N2O3S. The molecule has 5 nitrogen and oxygen atoms in total. The molecule has 0 spiro atoms. The first-order chi connectivity index (χ1) is 12.7. The number of fused-ring (bicyclic) bond motifs is 1. The van der Waals surface area contributed by atoms with Crippen molar-refractivity contribution in [1.82, 2.24) is 9.55 Å². The Morgan fingerprint density at radius 1 is 1.23 bits per heavy atom. The molecule has 0 fully saturated rings. The van der Waals surface area contributed by atoms with Gasteiger partial charge in [0.2, 0.25) is 0 Å². The van der Waals surface area contributed by atoms with Crippen LogP contribution in [0.3, 0.4) is 0 Å². The summed E-state index contributed by atoms with van der Waals surface area (Å²) in [6.45, 7) is 4.45. The Kier molecular flexibility index (Phi) is 5.63. The highest BCUT2D eigenvalue weighted by Crippen LogP contribution is 2.28. The number of thioether (sulfide) groups is 1. The molecule has 2 aromatic carbocycles. The molecule has 26 heavy (non-hydrogen) atoms. The Morgan fingerprint density at radius 2 is 2.04 bits per heavy atom. The Bertz CT molecular complexity index is 949. The average molecular weight is 368 g/mol. The highest BCUT2D eigenvalue weighted by molar-refractivity contribution is 7.99. The molecule has 0 atom stereocenters. The Labute approximate surface area is 156 Å². The average Bonchev–Trinajstić information content (AvgIpc) is 3.03. The summed E-state index contributed by atoms with van der Waals surface area (Å²) in [5.41, 5.74) is 2.44. The van der Waals surface area contributed by atoms with Gasteiger partial charge in [0.15, 0.2) is 10.9 Å². The van der Waals surface area contributed by atoms with Crippen LogP contribution in [0.2, 0.25) is 0 Å². The van der Waals surface area contributed by atoms with Crippen LogP contribution in [0.1, 0.15) is 10.4 Å². The minimum atomic E-state index is -0.0389. The molecule has 0 radical (unpaired) electrons. The maximum absolute atomic E-state index is 12.7. The molecule has 0 N–H and O–H groups in total. The number of allylic oxidation sites excluding steroid dienone is 1. The number of ether oxygens (including phenoxy) is 2. The van der Waals surface area contributed by atoms with Crippen molar-refractivity contribution in [3.63, 3.8) is 0 Å². The van der Waals surface area contributed by atoms with Crippen molar-refractivity contribution >= 4 is 28.6 Å². The van der Waals surface area contributed by atoms with Gasteiger partial charge in [-0.25, -0.2) is 4.98 Å². The van der Waals surface area contributed by atoms with Crippen LogP contribution in [0.15, 0.2) is 60.3 Å². The van der Waals surface area contributed by atoms with Crippen LogP contribution in [-0.4, -0.2) is 35.3 Å². The van der Waals surface area contributed by atoms with E-state index in [9.17, 15) is 4.79 Å². The van der Waals surface area contributed by atoms with Crippen molar-refractivity contribution < 1.29 is 14.3 Å². The second kappa shape index (κ2) is 8.10. The quantitative estimate of drug-likeness (QED) is 0.339. The fourth-order valence-corrected chi connectivity index (χ4v) is 3.62. The van der Waals surface area contributed by atoms with E-state index in [4.69, 9.17) is 9.47 Å². The Morgan fingerprint density at radius 3 is 2.77 bits per heavy atom. The summed E-state index contributed by atoms with van der Waals surface area (Å²) in [6.07, 6.45) is 1.82. The van der Waals surface area contributed by atoms with Gasteiger partial charge in [0.1, 0.15) is 11.5 Å². The summed E-state index contributed by atoms with van der Waals surface area (Å²) in [7, 11) is 3.12. The van der Waals surface area contributed by atoms with Gasteiger partial charge in [-0.3, -0.25) is 4.79 Å². The van der Waals surface area contributed by atoms with E-state index in [1.807, 2.05) is 30.3 Å². The van der Waals surface area contributed by atoms with E-state index in [-0.39, 0.29) is 11.5 Å². The second-order valence-corrected chi connectivity index (χ2v) is 6.50. The lowest BCUT2D eigenvalue weighted by atomic mass is 10.1. The van der Waals surface area contributed by atoms with Crippen molar-refractivity contribution in [2.24, 2.45) is 0 Å². The predicted molar refractivity (Wildman–Crippen MR) is 105 cm³/mol. The molecule has 3 aromatic rings. The smallest absolute Gasteiger partial charge is 0.177 e. The molecular weight excluding hydrogens is 348 g/mol. The number of rotatable bonds is 8. The number of Topliss-reactive ketones (excluding diaryl/α,β-unsaturated/α-hetero) is 1. The van der Waals surface area contributed by atoms with Gasteiger partial charge in [0, 0.05) is 6.54 Å². The van der Waals surface area contributed by atoms with Crippen molar-refractivity contribution in [3.8, 4) is 11.5 Å². The van der Waals surface area contributed by atoms with E-state index in [0.29, 0.717) is 23.6 Å². The maximum Gasteiger partial charge on any atom is 0.177 e. The van der Waals surface area contributed by atoms with Crippen LogP contribution < -0.4 is 9.47 Å². The van der Waals surface area contributed by atoms with Crippen LogP contribution in [0.5, 0.6) is 11.5 Å². The molecule has 3 rings (SSSR count). The number of nitrogens with zero attached hydrogens (tertiary/aromatic N) is 2. The number of carbonyl (C=O) groups excluding carboxylic acids is 1. The molecule has 6 heteroatoms. The first-order valence-corrected chi connectivity index (χ1v) is 9.10. The van der Waals surface area contributed by atoms with Crippen LogP contribution >= 0.6 is 11.8 Å². The molecule has 134 valence electrons. The summed E-state index contributed by atoms with van der Waals surface area (Å²) in [4.78, 5) is 17.4. The molecule has 0 unspecified atom stereocenters. The predicted octanol–water partition coefficient (Wildman–Crippen LogP) is 4.21. The number of hydrogen-bond donors (Lipinski definition) is 0. The van der Waals surface area contributed by atoms with Gasteiger partial charge in [-0.1, -0.05) is 30.0 Å². The highest BCUT2D eigenvalue weighted by Gasteiger charge is 2.17. The van der Waals surface area contributed by atoms with Crippen LogP contribution in [0.25, 0.3) is 11.0 Å². The van der Waals surface area contributed by atoms with Gasteiger partial charge < -0.3 is 14.0 Å². The minimum absolute atomic E-state index is 0.0389. The van der Waals surface area contributed by atoms with Gasteiger partial charge in [-0.05, 0) is 30.3 Å².